The molecule has 0 aromatic heterocycles. The van der Waals surface area contributed by atoms with Crippen LogP contribution in [0.2, 0.25) is 10.0 Å². The van der Waals surface area contributed by atoms with E-state index in [1.54, 1.807) is 60.7 Å². The maximum absolute atomic E-state index is 14.0. The molecule has 3 aromatic rings. The number of hydrogen-bond acceptors (Lipinski definition) is 4. The molecule has 0 aliphatic heterocycles. The molecule has 0 heterocycles. The molecule has 0 spiro atoms. The van der Waals surface area contributed by atoms with Crippen molar-refractivity contribution in [2.75, 3.05) is 10.8 Å². The number of nitrogens with one attached hydrogen (secondary N) is 1. The summed E-state index contributed by atoms with van der Waals surface area (Å²) in [7, 11) is -4.14. The van der Waals surface area contributed by atoms with E-state index in [1.807, 2.05) is 27.7 Å². The molecule has 0 bridgehead atoms. The van der Waals surface area contributed by atoms with Crippen molar-refractivity contribution in [3.05, 3.63) is 94.0 Å². The van der Waals surface area contributed by atoms with Crippen LogP contribution in [-0.2, 0) is 26.2 Å². The van der Waals surface area contributed by atoms with Gasteiger partial charge in [-0.2, -0.15) is 0 Å². The first kappa shape index (κ1) is 31.5. The van der Waals surface area contributed by atoms with Crippen LogP contribution in [0.3, 0.4) is 0 Å². The summed E-state index contributed by atoms with van der Waals surface area (Å²) in [5.41, 5.74) is 1.94. The lowest BCUT2D eigenvalue weighted by Gasteiger charge is -2.33. The predicted molar refractivity (Wildman–Crippen MR) is 161 cm³/mol. The Hall–Kier alpha value is -3.07. The topological polar surface area (TPSA) is 86.8 Å². The smallest absolute Gasteiger partial charge is 0.264 e. The average Bonchev–Trinajstić information content (AvgIpc) is 2.93. The van der Waals surface area contributed by atoms with E-state index in [2.05, 4.69) is 5.32 Å². The second kappa shape index (κ2) is 14.0. The minimum Gasteiger partial charge on any atom is -0.352 e. The summed E-state index contributed by atoms with van der Waals surface area (Å²) in [5, 5.41) is 3.94. The molecule has 40 heavy (non-hydrogen) atoms. The normalized spacial score (nSPS) is 12.8. The van der Waals surface area contributed by atoms with Crippen molar-refractivity contribution in [1.29, 1.82) is 0 Å². The zero-order chi connectivity index (χ0) is 29.4. The molecule has 2 amide bonds. The Morgan fingerprint density at radius 3 is 1.93 bits per heavy atom. The number of benzene rings is 3. The van der Waals surface area contributed by atoms with Gasteiger partial charge in [0.05, 0.1) is 10.6 Å². The lowest BCUT2D eigenvalue weighted by Crippen LogP contribution is -2.53. The number of halogens is 2. The Balaban J connectivity index is 2.04. The van der Waals surface area contributed by atoms with Crippen LogP contribution in [0, 0.1) is 6.92 Å². The van der Waals surface area contributed by atoms with Crippen LogP contribution in [0.15, 0.2) is 77.7 Å². The third kappa shape index (κ3) is 7.99. The molecule has 1 N–H and O–H groups in total. The first-order valence-corrected chi connectivity index (χ1v) is 15.3. The van der Waals surface area contributed by atoms with E-state index in [4.69, 9.17) is 23.2 Å². The Bertz CT molecular complexity index is 1400. The van der Waals surface area contributed by atoms with Gasteiger partial charge < -0.3 is 10.2 Å². The van der Waals surface area contributed by atoms with Crippen molar-refractivity contribution in [3.8, 4) is 0 Å². The van der Waals surface area contributed by atoms with Gasteiger partial charge in [0.2, 0.25) is 11.8 Å². The Morgan fingerprint density at radius 2 is 1.40 bits per heavy atom. The Labute approximate surface area is 247 Å². The quantitative estimate of drug-likeness (QED) is 0.266. The van der Waals surface area contributed by atoms with Crippen molar-refractivity contribution in [3.63, 3.8) is 0 Å². The summed E-state index contributed by atoms with van der Waals surface area (Å²) >= 11 is 12.1. The van der Waals surface area contributed by atoms with Gasteiger partial charge in [-0.1, -0.05) is 66.9 Å². The number of hydrogen-bond donors (Lipinski definition) is 1. The number of aryl methyl sites for hydroxylation is 1. The highest BCUT2D eigenvalue weighted by atomic mass is 35.5. The third-order valence-corrected chi connectivity index (χ3v) is 8.95. The van der Waals surface area contributed by atoms with Gasteiger partial charge in [-0.05, 0) is 80.8 Å². The van der Waals surface area contributed by atoms with Crippen LogP contribution >= 0.6 is 23.2 Å². The molecule has 0 unspecified atom stereocenters. The number of anilines is 1. The van der Waals surface area contributed by atoms with E-state index in [0.717, 1.165) is 21.9 Å². The molecule has 0 aliphatic rings. The zero-order valence-electron chi connectivity index (χ0n) is 23.1. The Morgan fingerprint density at radius 1 is 0.850 bits per heavy atom. The number of nitrogens with zero attached hydrogens (tertiary/aromatic N) is 2. The molecule has 0 aliphatic carbocycles. The van der Waals surface area contributed by atoms with Gasteiger partial charge in [0.15, 0.2) is 0 Å². The summed E-state index contributed by atoms with van der Waals surface area (Å²) in [6.45, 7) is 7.12. The van der Waals surface area contributed by atoms with Crippen molar-refractivity contribution in [2.24, 2.45) is 0 Å². The standard InChI is InChI=1S/C30H35Cl2N3O4S/c1-5-22(4)33-30(37)28(6-2)34(19-23-9-11-24(31)12-10-23)29(36)20-35(26-15-13-25(32)14-16-26)40(38,39)27-17-7-21(3)8-18-27/h7-18,22,28H,5-6,19-20H2,1-4H3,(H,33,37)/t22-,28-/m1/s1. The lowest BCUT2D eigenvalue weighted by molar-refractivity contribution is -0.140. The number of amides is 2. The largest absolute Gasteiger partial charge is 0.352 e. The van der Waals surface area contributed by atoms with E-state index in [-0.39, 0.29) is 29.1 Å². The van der Waals surface area contributed by atoms with Crippen LogP contribution in [0.1, 0.15) is 44.7 Å². The molecule has 0 saturated carbocycles. The van der Waals surface area contributed by atoms with Crippen LogP contribution in [-0.4, -0.2) is 43.8 Å². The van der Waals surface area contributed by atoms with Crippen molar-refractivity contribution < 1.29 is 18.0 Å². The fraction of sp³-hybridized carbons (Fsp3) is 0.333. The summed E-state index contributed by atoms with van der Waals surface area (Å²) < 4.78 is 28.8. The predicted octanol–water partition coefficient (Wildman–Crippen LogP) is 6.22. The van der Waals surface area contributed by atoms with Gasteiger partial charge in [0, 0.05) is 22.6 Å². The van der Waals surface area contributed by atoms with Crippen LogP contribution in [0.4, 0.5) is 5.69 Å². The maximum Gasteiger partial charge on any atom is 0.264 e. The molecule has 3 aromatic carbocycles. The molecule has 10 heteroatoms. The van der Waals surface area contributed by atoms with Gasteiger partial charge >= 0.3 is 0 Å². The first-order chi connectivity index (χ1) is 19.0. The SMILES string of the molecule is CC[C@@H](C)NC(=O)[C@@H](CC)N(Cc1ccc(Cl)cc1)C(=O)CN(c1ccc(Cl)cc1)S(=O)(=O)c1ccc(C)cc1. The van der Waals surface area contributed by atoms with Crippen LogP contribution in [0.25, 0.3) is 0 Å². The monoisotopic (exact) mass is 603 g/mol. The summed E-state index contributed by atoms with van der Waals surface area (Å²) in [6, 6.07) is 18.8. The van der Waals surface area contributed by atoms with Crippen LogP contribution in [0.5, 0.6) is 0 Å². The molecule has 3 rings (SSSR count). The minimum absolute atomic E-state index is 0.0478. The summed E-state index contributed by atoms with van der Waals surface area (Å²) in [5.74, 6) is -0.815. The highest BCUT2D eigenvalue weighted by molar-refractivity contribution is 7.92. The van der Waals surface area contributed by atoms with E-state index >= 15 is 0 Å². The highest BCUT2D eigenvalue weighted by Crippen LogP contribution is 2.26. The fourth-order valence-electron chi connectivity index (χ4n) is 4.12. The highest BCUT2D eigenvalue weighted by Gasteiger charge is 2.34. The van der Waals surface area contributed by atoms with Crippen molar-refractivity contribution in [2.45, 2.75) is 64.1 Å². The fourth-order valence-corrected chi connectivity index (χ4v) is 5.79. The van der Waals surface area contributed by atoms with Crippen molar-refractivity contribution in [1.82, 2.24) is 10.2 Å². The van der Waals surface area contributed by atoms with E-state index in [1.165, 1.54) is 17.0 Å². The van der Waals surface area contributed by atoms with Gasteiger partial charge in [-0.25, -0.2) is 8.42 Å². The number of rotatable bonds is 12. The second-order valence-corrected chi connectivity index (χ2v) is 12.4. The van der Waals surface area contributed by atoms with Gasteiger partial charge in [-0.15, -0.1) is 0 Å². The Kier molecular flexibility index (Phi) is 11.0. The minimum atomic E-state index is -4.14. The lowest BCUT2D eigenvalue weighted by atomic mass is 10.1. The summed E-state index contributed by atoms with van der Waals surface area (Å²) in [6.07, 6.45) is 1.07. The molecule has 0 fully saturated rings. The van der Waals surface area contributed by atoms with E-state index < -0.39 is 28.5 Å². The second-order valence-electron chi connectivity index (χ2n) is 9.69. The molecule has 7 nitrogen and oxygen atoms in total. The third-order valence-electron chi connectivity index (χ3n) is 6.66. The number of carbonyl (C=O) groups excluding carboxylic acids is 2. The van der Waals surface area contributed by atoms with E-state index in [9.17, 15) is 18.0 Å². The molecular formula is C30H35Cl2N3O4S. The molecule has 214 valence electrons. The maximum atomic E-state index is 14.0. The van der Waals surface area contributed by atoms with Gasteiger partial charge in [0.25, 0.3) is 10.0 Å². The molecule has 2 atom stereocenters. The number of carbonyl (C=O) groups is 2. The molecular weight excluding hydrogens is 569 g/mol. The van der Waals surface area contributed by atoms with Crippen LogP contribution < -0.4 is 9.62 Å². The number of sulfonamides is 1. The molecule has 0 saturated heterocycles. The van der Waals surface area contributed by atoms with Gasteiger partial charge in [-0.3, -0.25) is 13.9 Å². The van der Waals surface area contributed by atoms with Crippen molar-refractivity contribution >= 4 is 50.7 Å². The first-order valence-electron chi connectivity index (χ1n) is 13.2. The molecule has 0 radical (unpaired) electrons. The average molecular weight is 605 g/mol. The van der Waals surface area contributed by atoms with E-state index in [0.29, 0.717) is 16.5 Å². The van der Waals surface area contributed by atoms with Gasteiger partial charge in [0.1, 0.15) is 12.6 Å². The summed E-state index contributed by atoms with van der Waals surface area (Å²) in [4.78, 5) is 28.8. The zero-order valence-corrected chi connectivity index (χ0v) is 25.4.